The van der Waals surface area contributed by atoms with E-state index in [1.54, 1.807) is 43.3 Å². The third kappa shape index (κ3) is 3.08. The molecule has 166 valence electrons. The summed E-state index contributed by atoms with van der Waals surface area (Å²) in [7, 11) is 1.42. The first-order valence-electron chi connectivity index (χ1n) is 9.78. The molecule has 3 aromatic rings. The van der Waals surface area contributed by atoms with E-state index < -0.39 is 30.2 Å². The lowest BCUT2D eigenvalue weighted by molar-refractivity contribution is -0.161. The molecule has 0 saturated carbocycles. The number of hydrogen-bond donors (Lipinski definition) is 2. The van der Waals surface area contributed by atoms with Crippen LogP contribution in [0.5, 0.6) is 5.88 Å². The van der Waals surface area contributed by atoms with Gasteiger partial charge in [-0.2, -0.15) is 13.2 Å². The van der Waals surface area contributed by atoms with Crippen molar-refractivity contribution in [2.75, 3.05) is 7.11 Å². The van der Waals surface area contributed by atoms with Crippen LogP contribution in [0.4, 0.5) is 13.2 Å². The molecule has 1 fully saturated rings. The number of oxazole rings is 1. The molecule has 11 heteroatoms. The summed E-state index contributed by atoms with van der Waals surface area (Å²) in [5.41, 5.74) is 3.87. The van der Waals surface area contributed by atoms with E-state index in [9.17, 15) is 18.0 Å². The van der Waals surface area contributed by atoms with Crippen LogP contribution in [0.25, 0.3) is 16.7 Å². The summed E-state index contributed by atoms with van der Waals surface area (Å²) in [6.45, 7) is 1.61. The number of carbonyl (C=O) groups is 1. The van der Waals surface area contributed by atoms with E-state index in [1.165, 1.54) is 13.3 Å². The largest absolute Gasteiger partial charge is 0.479 e. The summed E-state index contributed by atoms with van der Waals surface area (Å²) in [6, 6.07) is 7.92. The van der Waals surface area contributed by atoms with Gasteiger partial charge in [-0.3, -0.25) is 4.79 Å². The summed E-state index contributed by atoms with van der Waals surface area (Å²) in [5.74, 6) is -1.54. The van der Waals surface area contributed by atoms with Crippen molar-refractivity contribution in [2.45, 2.75) is 31.2 Å². The SMILES string of the molecule is COc1nccc2oc(C3=C(C)NC4C(c5ccccc5)C(C(F)(F)F)NN4C3=O)nc12. The number of ether oxygens (including phenoxy) is 1. The smallest absolute Gasteiger partial charge is 0.406 e. The summed E-state index contributed by atoms with van der Waals surface area (Å²) in [4.78, 5) is 21.7. The average molecular weight is 445 g/mol. The van der Waals surface area contributed by atoms with E-state index in [0.717, 1.165) is 5.01 Å². The van der Waals surface area contributed by atoms with Gasteiger partial charge in [0, 0.05) is 18.0 Å². The molecule has 5 rings (SSSR count). The maximum absolute atomic E-state index is 13.9. The first-order valence-corrected chi connectivity index (χ1v) is 9.78. The molecule has 1 amide bonds. The number of hydrogen-bond acceptors (Lipinski definition) is 7. The number of fused-ring (bicyclic) bond motifs is 2. The lowest BCUT2D eigenvalue weighted by Gasteiger charge is -2.34. The average Bonchev–Trinajstić information content (AvgIpc) is 3.36. The molecule has 2 aromatic heterocycles. The maximum Gasteiger partial charge on any atom is 0.406 e. The Kier molecular flexibility index (Phi) is 4.59. The monoisotopic (exact) mass is 445 g/mol. The van der Waals surface area contributed by atoms with Crippen LogP contribution in [0.1, 0.15) is 24.3 Å². The number of alkyl halides is 3. The Hall–Kier alpha value is -3.60. The zero-order valence-electron chi connectivity index (χ0n) is 17.0. The Morgan fingerprint density at radius 3 is 2.62 bits per heavy atom. The zero-order valence-corrected chi connectivity index (χ0v) is 17.0. The number of pyridine rings is 1. The predicted molar refractivity (Wildman–Crippen MR) is 107 cm³/mol. The molecule has 2 aliphatic rings. The highest BCUT2D eigenvalue weighted by Crippen LogP contribution is 2.42. The summed E-state index contributed by atoms with van der Waals surface area (Å²) >= 11 is 0. The number of allylic oxidation sites excluding steroid dienone is 1. The second-order valence-corrected chi connectivity index (χ2v) is 7.54. The van der Waals surface area contributed by atoms with Crippen LogP contribution in [0.2, 0.25) is 0 Å². The highest BCUT2D eigenvalue weighted by atomic mass is 19.4. The van der Waals surface area contributed by atoms with Gasteiger partial charge in [0.05, 0.1) is 13.0 Å². The molecule has 2 aliphatic heterocycles. The summed E-state index contributed by atoms with van der Waals surface area (Å²) in [6.07, 6.45) is -4.06. The van der Waals surface area contributed by atoms with E-state index in [1.807, 2.05) is 0 Å². The van der Waals surface area contributed by atoms with Gasteiger partial charge in [-0.15, -0.1) is 0 Å². The molecule has 1 saturated heterocycles. The lowest BCUT2D eigenvalue weighted by Crippen LogP contribution is -2.54. The van der Waals surface area contributed by atoms with Crippen molar-refractivity contribution < 1.29 is 27.1 Å². The molecular weight excluding hydrogens is 427 g/mol. The molecule has 0 spiro atoms. The Morgan fingerprint density at radius 2 is 1.94 bits per heavy atom. The highest BCUT2D eigenvalue weighted by molar-refractivity contribution is 6.20. The number of halogens is 3. The maximum atomic E-state index is 13.9. The Morgan fingerprint density at radius 1 is 1.19 bits per heavy atom. The van der Waals surface area contributed by atoms with Gasteiger partial charge < -0.3 is 14.5 Å². The fourth-order valence-electron chi connectivity index (χ4n) is 4.23. The molecule has 0 radical (unpaired) electrons. The number of methoxy groups -OCH3 is 1. The lowest BCUT2D eigenvalue weighted by atomic mass is 9.89. The Balaban J connectivity index is 1.58. The second-order valence-electron chi connectivity index (χ2n) is 7.54. The minimum Gasteiger partial charge on any atom is -0.479 e. The zero-order chi connectivity index (χ0) is 22.6. The third-order valence-corrected chi connectivity index (χ3v) is 5.65. The molecule has 0 aliphatic carbocycles. The molecule has 3 unspecified atom stereocenters. The van der Waals surface area contributed by atoms with Crippen LogP contribution in [0.3, 0.4) is 0 Å². The van der Waals surface area contributed by atoms with Crippen LogP contribution in [0, 0.1) is 0 Å². The van der Waals surface area contributed by atoms with Crippen molar-refractivity contribution >= 4 is 22.6 Å². The van der Waals surface area contributed by atoms with Crippen molar-refractivity contribution in [3.8, 4) is 5.88 Å². The Bertz CT molecular complexity index is 1220. The summed E-state index contributed by atoms with van der Waals surface area (Å²) in [5, 5.41) is 4.03. The van der Waals surface area contributed by atoms with E-state index in [0.29, 0.717) is 22.4 Å². The van der Waals surface area contributed by atoms with Gasteiger partial charge in [0.15, 0.2) is 11.1 Å². The van der Waals surface area contributed by atoms with Gasteiger partial charge in [0.2, 0.25) is 11.8 Å². The number of rotatable bonds is 3. The molecule has 4 heterocycles. The van der Waals surface area contributed by atoms with Crippen molar-refractivity contribution in [1.29, 1.82) is 0 Å². The predicted octanol–water partition coefficient (Wildman–Crippen LogP) is 2.95. The van der Waals surface area contributed by atoms with E-state index in [2.05, 4.69) is 20.7 Å². The normalized spacial score (nSPS) is 23.5. The number of amides is 1. The molecular formula is C21H18F3N5O3. The molecule has 32 heavy (non-hydrogen) atoms. The minimum absolute atomic E-state index is 0.0293. The quantitative estimate of drug-likeness (QED) is 0.640. The van der Waals surface area contributed by atoms with Crippen molar-refractivity contribution in [3.05, 3.63) is 59.7 Å². The molecule has 8 nitrogen and oxygen atoms in total. The van der Waals surface area contributed by atoms with Gasteiger partial charge in [0.25, 0.3) is 5.91 Å². The molecule has 0 bridgehead atoms. The molecule has 2 N–H and O–H groups in total. The van der Waals surface area contributed by atoms with Gasteiger partial charge in [-0.25, -0.2) is 20.4 Å². The van der Waals surface area contributed by atoms with Crippen molar-refractivity contribution in [2.24, 2.45) is 0 Å². The van der Waals surface area contributed by atoms with Gasteiger partial charge in [0.1, 0.15) is 17.8 Å². The van der Waals surface area contributed by atoms with E-state index in [-0.39, 0.29) is 17.3 Å². The van der Waals surface area contributed by atoms with Gasteiger partial charge >= 0.3 is 6.18 Å². The number of hydrazine groups is 1. The number of nitrogens with one attached hydrogen (secondary N) is 2. The number of nitrogens with zero attached hydrogens (tertiary/aromatic N) is 3. The first kappa shape index (κ1) is 20.3. The molecule has 3 atom stereocenters. The van der Waals surface area contributed by atoms with E-state index >= 15 is 0 Å². The fourth-order valence-corrected chi connectivity index (χ4v) is 4.23. The fraction of sp³-hybridized carbons (Fsp3) is 0.286. The number of carbonyl (C=O) groups excluding carboxylic acids is 1. The standard InChI is InChI=1S/C21H18F3N5O3/c1-10-13(18-27-15-12(32-18)8-9-25-19(15)31-2)20(30)29-17(26-10)14(11-6-4-3-5-7-11)16(28-29)21(22,23)24/h3-9,14,16-17,26,28H,1-2H3. The van der Waals surface area contributed by atoms with Gasteiger partial charge in [-0.05, 0) is 12.5 Å². The number of aromatic nitrogens is 2. The van der Waals surface area contributed by atoms with Crippen LogP contribution < -0.4 is 15.5 Å². The van der Waals surface area contributed by atoms with Crippen molar-refractivity contribution in [1.82, 2.24) is 25.7 Å². The van der Waals surface area contributed by atoms with Crippen molar-refractivity contribution in [3.63, 3.8) is 0 Å². The number of benzene rings is 1. The van der Waals surface area contributed by atoms with Crippen LogP contribution >= 0.6 is 0 Å². The van der Waals surface area contributed by atoms with Crippen LogP contribution in [0.15, 0.2) is 52.7 Å². The second kappa shape index (κ2) is 7.23. The third-order valence-electron chi connectivity index (χ3n) is 5.65. The minimum atomic E-state index is -4.58. The van der Waals surface area contributed by atoms with E-state index in [4.69, 9.17) is 9.15 Å². The Labute approximate surface area is 180 Å². The summed E-state index contributed by atoms with van der Waals surface area (Å²) < 4.78 is 52.6. The first-order chi connectivity index (χ1) is 15.3. The topological polar surface area (TPSA) is 92.5 Å². The van der Waals surface area contributed by atoms with Crippen LogP contribution in [-0.4, -0.2) is 46.4 Å². The van der Waals surface area contributed by atoms with Gasteiger partial charge in [-0.1, -0.05) is 30.3 Å². The molecule has 1 aromatic carbocycles. The highest BCUT2D eigenvalue weighted by Gasteiger charge is 2.58. The van der Waals surface area contributed by atoms with Crippen LogP contribution in [-0.2, 0) is 4.79 Å².